The molecule has 86 valence electrons. The molecule has 0 radical (unpaired) electrons. The van der Waals surface area contributed by atoms with Gasteiger partial charge in [0.25, 0.3) is 0 Å². The summed E-state index contributed by atoms with van der Waals surface area (Å²) in [5.41, 5.74) is 1.03. The van der Waals surface area contributed by atoms with Gasteiger partial charge in [0, 0.05) is 5.75 Å². The molecule has 0 spiro atoms. The van der Waals surface area contributed by atoms with Crippen molar-refractivity contribution in [3.8, 4) is 0 Å². The van der Waals surface area contributed by atoms with Crippen molar-refractivity contribution in [1.82, 2.24) is 0 Å². The van der Waals surface area contributed by atoms with Gasteiger partial charge in [0.1, 0.15) is 11.4 Å². The first-order valence-electron chi connectivity index (χ1n) is 5.19. The molecule has 1 aromatic rings. The van der Waals surface area contributed by atoms with Gasteiger partial charge in [-0.2, -0.15) is 0 Å². The van der Waals surface area contributed by atoms with Gasteiger partial charge in [-0.3, -0.25) is 4.79 Å². The van der Waals surface area contributed by atoms with Crippen LogP contribution >= 0.6 is 11.8 Å². The zero-order valence-corrected chi connectivity index (χ0v) is 9.91. The second-order valence-electron chi connectivity index (χ2n) is 3.52. The molecule has 1 heterocycles. The van der Waals surface area contributed by atoms with Crippen LogP contribution in [0.15, 0.2) is 30.3 Å². The Morgan fingerprint density at radius 2 is 2.19 bits per heavy atom. The van der Waals surface area contributed by atoms with Gasteiger partial charge < -0.3 is 9.47 Å². The van der Waals surface area contributed by atoms with Crippen molar-refractivity contribution < 1.29 is 14.3 Å². The second kappa shape index (κ2) is 5.37. The summed E-state index contributed by atoms with van der Waals surface area (Å²) in [5.74, 6) is 0.627. The van der Waals surface area contributed by atoms with E-state index in [1.165, 1.54) is 7.11 Å². The highest BCUT2D eigenvalue weighted by Crippen LogP contribution is 2.34. The summed E-state index contributed by atoms with van der Waals surface area (Å²) in [6.45, 7) is 0.678. The molecule has 2 rings (SSSR count). The molecule has 0 aliphatic carbocycles. The molecule has 0 N–H and O–H groups in total. The lowest BCUT2D eigenvalue weighted by Gasteiger charge is -2.29. The van der Waals surface area contributed by atoms with Crippen LogP contribution in [-0.4, -0.2) is 30.7 Å². The number of hydrogen-bond acceptors (Lipinski definition) is 4. The zero-order valence-electron chi connectivity index (χ0n) is 9.09. The normalized spacial score (nSPS) is 25.1. The molecule has 2 atom stereocenters. The van der Waals surface area contributed by atoms with E-state index < -0.39 is 0 Å². The topological polar surface area (TPSA) is 35.5 Å². The summed E-state index contributed by atoms with van der Waals surface area (Å²) in [6, 6.07) is 9.81. The Morgan fingerprint density at radius 3 is 2.88 bits per heavy atom. The van der Waals surface area contributed by atoms with Gasteiger partial charge in [-0.25, -0.2) is 0 Å². The Hall–Kier alpha value is -1.00. The molecule has 4 heteroatoms. The highest BCUT2D eigenvalue weighted by molar-refractivity contribution is 8.00. The van der Waals surface area contributed by atoms with E-state index in [4.69, 9.17) is 9.47 Å². The molecule has 0 saturated carbocycles. The zero-order chi connectivity index (χ0) is 11.4. The molecule has 0 unspecified atom stereocenters. The van der Waals surface area contributed by atoms with Crippen LogP contribution in [0.25, 0.3) is 0 Å². The molecule has 0 amide bonds. The average Bonchev–Trinajstić information content (AvgIpc) is 2.39. The Kier molecular flexibility index (Phi) is 3.85. The van der Waals surface area contributed by atoms with E-state index in [1.54, 1.807) is 11.8 Å². The molecule has 0 aromatic heterocycles. The van der Waals surface area contributed by atoms with Crippen molar-refractivity contribution in [1.29, 1.82) is 0 Å². The lowest BCUT2D eigenvalue weighted by atomic mass is 10.1. The maximum atomic E-state index is 11.6. The first-order valence-corrected chi connectivity index (χ1v) is 6.24. The summed E-state index contributed by atoms with van der Waals surface area (Å²) in [7, 11) is 1.42. The Balaban J connectivity index is 2.20. The standard InChI is InChI=1S/C12H14O3S/c1-14-12(13)11-10(15-7-8-16-11)9-5-3-2-4-6-9/h2-6,10-11H,7-8H2,1H3/t10-,11-/m1/s1. The highest BCUT2D eigenvalue weighted by Gasteiger charge is 2.34. The van der Waals surface area contributed by atoms with E-state index in [1.807, 2.05) is 30.3 Å². The first-order chi connectivity index (χ1) is 7.83. The van der Waals surface area contributed by atoms with Gasteiger partial charge in [0.05, 0.1) is 13.7 Å². The van der Waals surface area contributed by atoms with Crippen molar-refractivity contribution >= 4 is 17.7 Å². The fourth-order valence-corrected chi connectivity index (χ4v) is 2.84. The van der Waals surface area contributed by atoms with E-state index in [-0.39, 0.29) is 17.3 Å². The lowest BCUT2D eigenvalue weighted by Crippen LogP contribution is -2.33. The minimum absolute atomic E-state index is 0.188. The van der Waals surface area contributed by atoms with Crippen molar-refractivity contribution in [2.45, 2.75) is 11.4 Å². The molecule has 1 aromatic carbocycles. The smallest absolute Gasteiger partial charge is 0.321 e. The van der Waals surface area contributed by atoms with Gasteiger partial charge in [0.15, 0.2) is 0 Å². The number of esters is 1. The number of rotatable bonds is 2. The molecule has 1 fully saturated rings. The average molecular weight is 238 g/mol. The van der Waals surface area contributed by atoms with E-state index in [9.17, 15) is 4.79 Å². The maximum Gasteiger partial charge on any atom is 0.321 e. The number of carbonyl (C=O) groups is 1. The number of ether oxygens (including phenoxy) is 2. The third-order valence-corrected chi connectivity index (χ3v) is 3.72. The van der Waals surface area contributed by atoms with Crippen LogP contribution in [0.2, 0.25) is 0 Å². The molecule has 1 aliphatic heterocycles. The van der Waals surface area contributed by atoms with Crippen LogP contribution in [0.3, 0.4) is 0 Å². The molecule has 16 heavy (non-hydrogen) atoms. The Bertz CT molecular complexity index is 353. The van der Waals surface area contributed by atoms with Gasteiger partial charge >= 0.3 is 5.97 Å². The summed E-state index contributed by atoms with van der Waals surface area (Å²) >= 11 is 1.60. The number of carbonyl (C=O) groups excluding carboxylic acids is 1. The molecule has 0 bridgehead atoms. The predicted octanol–water partition coefficient (Wildman–Crippen LogP) is 2.03. The molecule has 1 saturated heterocycles. The highest BCUT2D eigenvalue weighted by atomic mass is 32.2. The molecule has 3 nitrogen and oxygen atoms in total. The van der Waals surface area contributed by atoms with Crippen LogP contribution in [0.1, 0.15) is 11.7 Å². The Morgan fingerprint density at radius 1 is 1.44 bits per heavy atom. The number of thioether (sulfide) groups is 1. The lowest BCUT2D eigenvalue weighted by molar-refractivity contribution is -0.143. The fraction of sp³-hybridized carbons (Fsp3) is 0.417. The molecule has 1 aliphatic rings. The van der Waals surface area contributed by atoms with E-state index in [0.29, 0.717) is 6.61 Å². The monoisotopic (exact) mass is 238 g/mol. The maximum absolute atomic E-state index is 11.6. The van der Waals surface area contributed by atoms with Gasteiger partial charge in [-0.05, 0) is 5.56 Å². The SMILES string of the molecule is COC(=O)[C@@H]1SCCO[C@@H]1c1ccccc1. The number of hydrogen-bond donors (Lipinski definition) is 0. The number of methoxy groups -OCH3 is 1. The van der Waals surface area contributed by atoms with Crippen molar-refractivity contribution in [2.75, 3.05) is 19.5 Å². The van der Waals surface area contributed by atoms with Crippen LogP contribution < -0.4 is 0 Å². The number of benzene rings is 1. The van der Waals surface area contributed by atoms with Crippen LogP contribution in [0.5, 0.6) is 0 Å². The minimum Gasteiger partial charge on any atom is -0.468 e. The largest absolute Gasteiger partial charge is 0.468 e. The predicted molar refractivity (Wildman–Crippen MR) is 63.4 cm³/mol. The fourth-order valence-electron chi connectivity index (χ4n) is 1.75. The van der Waals surface area contributed by atoms with Gasteiger partial charge in [-0.15, -0.1) is 11.8 Å². The van der Waals surface area contributed by atoms with E-state index in [2.05, 4.69) is 0 Å². The van der Waals surface area contributed by atoms with Crippen LogP contribution in [0, 0.1) is 0 Å². The summed E-state index contributed by atoms with van der Waals surface area (Å²) in [6.07, 6.45) is -0.188. The van der Waals surface area contributed by atoms with Crippen LogP contribution in [-0.2, 0) is 14.3 Å². The van der Waals surface area contributed by atoms with Gasteiger partial charge in [-0.1, -0.05) is 30.3 Å². The van der Waals surface area contributed by atoms with Crippen molar-refractivity contribution in [3.63, 3.8) is 0 Å². The minimum atomic E-state index is -0.249. The third kappa shape index (κ3) is 2.39. The van der Waals surface area contributed by atoms with Gasteiger partial charge in [0.2, 0.25) is 0 Å². The van der Waals surface area contributed by atoms with Crippen molar-refractivity contribution in [2.24, 2.45) is 0 Å². The van der Waals surface area contributed by atoms with Crippen molar-refractivity contribution in [3.05, 3.63) is 35.9 Å². The third-order valence-electron chi connectivity index (χ3n) is 2.51. The van der Waals surface area contributed by atoms with E-state index >= 15 is 0 Å². The summed E-state index contributed by atoms with van der Waals surface area (Å²) in [5, 5.41) is -0.249. The second-order valence-corrected chi connectivity index (χ2v) is 4.77. The van der Waals surface area contributed by atoms with Crippen LogP contribution in [0.4, 0.5) is 0 Å². The summed E-state index contributed by atoms with van der Waals surface area (Å²) in [4.78, 5) is 11.6. The molecular formula is C12H14O3S. The molecular weight excluding hydrogens is 224 g/mol. The quantitative estimate of drug-likeness (QED) is 0.739. The van der Waals surface area contributed by atoms with E-state index in [0.717, 1.165) is 11.3 Å². The first kappa shape index (κ1) is 11.5. The Labute approximate surface area is 99.1 Å². The summed E-state index contributed by atoms with van der Waals surface area (Å²) < 4.78 is 10.5.